The van der Waals surface area contributed by atoms with Gasteiger partial charge in [-0.1, -0.05) is 44.9 Å². The van der Waals surface area contributed by atoms with Crippen LogP contribution in [0.2, 0.25) is 0 Å². The Morgan fingerprint density at radius 3 is 2.65 bits per heavy atom. The zero-order valence-electron chi connectivity index (χ0n) is 13.0. The lowest BCUT2D eigenvalue weighted by molar-refractivity contribution is 0.249. The maximum absolute atomic E-state index is 6.12. The van der Waals surface area contributed by atoms with Crippen LogP contribution >= 0.6 is 0 Å². The lowest BCUT2D eigenvalue weighted by Crippen LogP contribution is -2.32. The monoisotopic (exact) mass is 273 g/mol. The van der Waals surface area contributed by atoms with Gasteiger partial charge in [0, 0.05) is 12.4 Å². The number of hydrogen-bond donors (Lipinski definition) is 1. The number of nitrogens with two attached hydrogens (primary N) is 1. The van der Waals surface area contributed by atoms with Crippen molar-refractivity contribution in [1.29, 1.82) is 0 Å². The molecule has 1 atom stereocenters. The van der Waals surface area contributed by atoms with Crippen molar-refractivity contribution in [3.63, 3.8) is 0 Å². The number of aromatic nitrogens is 2. The van der Waals surface area contributed by atoms with E-state index in [0.717, 1.165) is 19.4 Å². The van der Waals surface area contributed by atoms with Gasteiger partial charge in [-0.25, -0.2) is 0 Å². The van der Waals surface area contributed by atoms with Crippen LogP contribution in [0.3, 0.4) is 0 Å². The number of nitrogens with zero attached hydrogens (tertiary/aromatic N) is 2. The van der Waals surface area contributed by atoms with Gasteiger partial charge >= 0.3 is 0 Å². The zero-order valence-corrected chi connectivity index (χ0v) is 13.0. The van der Waals surface area contributed by atoms with Crippen molar-refractivity contribution in [3.8, 4) is 0 Å². The SMILES string of the molecule is CCCCC(CC)(CN)Cc1nn(C)c2ccccc12. The summed E-state index contributed by atoms with van der Waals surface area (Å²) < 4.78 is 1.99. The fraction of sp³-hybridized carbons (Fsp3) is 0.588. The summed E-state index contributed by atoms with van der Waals surface area (Å²) in [5, 5.41) is 6.02. The molecule has 0 bridgehead atoms. The summed E-state index contributed by atoms with van der Waals surface area (Å²) in [4.78, 5) is 0. The summed E-state index contributed by atoms with van der Waals surface area (Å²) in [7, 11) is 2.02. The summed E-state index contributed by atoms with van der Waals surface area (Å²) in [5.41, 5.74) is 8.73. The summed E-state index contributed by atoms with van der Waals surface area (Å²) in [6, 6.07) is 8.47. The van der Waals surface area contributed by atoms with Gasteiger partial charge in [0.05, 0.1) is 11.2 Å². The molecule has 110 valence electrons. The van der Waals surface area contributed by atoms with Gasteiger partial charge in [-0.2, -0.15) is 5.10 Å². The van der Waals surface area contributed by atoms with Crippen molar-refractivity contribution >= 4 is 10.9 Å². The third kappa shape index (κ3) is 2.88. The number of hydrogen-bond acceptors (Lipinski definition) is 2. The Kier molecular flexibility index (Phi) is 4.81. The van der Waals surface area contributed by atoms with Crippen molar-refractivity contribution in [2.45, 2.75) is 46.0 Å². The van der Waals surface area contributed by atoms with E-state index in [9.17, 15) is 0 Å². The van der Waals surface area contributed by atoms with E-state index in [1.165, 1.54) is 35.9 Å². The molecule has 0 radical (unpaired) electrons. The highest BCUT2D eigenvalue weighted by atomic mass is 15.3. The Bertz CT molecular complexity index is 552. The predicted octanol–water partition coefficient (Wildman–Crippen LogP) is 3.66. The quantitative estimate of drug-likeness (QED) is 0.836. The molecule has 0 spiro atoms. The lowest BCUT2D eigenvalue weighted by Gasteiger charge is -2.31. The number of unbranched alkanes of at least 4 members (excludes halogenated alkanes) is 1. The largest absolute Gasteiger partial charge is 0.330 e. The van der Waals surface area contributed by atoms with Crippen LogP contribution < -0.4 is 5.73 Å². The first-order valence-corrected chi connectivity index (χ1v) is 7.76. The molecule has 0 aliphatic carbocycles. The molecule has 0 saturated carbocycles. The standard InChI is InChI=1S/C17H27N3/c1-4-6-11-17(5-2,13-18)12-15-14-9-7-8-10-16(14)20(3)19-15/h7-10H,4-6,11-13,18H2,1-3H3. The number of aryl methyl sites for hydroxylation is 1. The molecule has 3 nitrogen and oxygen atoms in total. The van der Waals surface area contributed by atoms with E-state index in [1.54, 1.807) is 0 Å². The Morgan fingerprint density at radius 1 is 1.25 bits per heavy atom. The van der Waals surface area contributed by atoms with Crippen LogP contribution in [0.15, 0.2) is 24.3 Å². The first-order chi connectivity index (χ1) is 9.65. The van der Waals surface area contributed by atoms with Gasteiger partial charge in [-0.05, 0) is 37.3 Å². The Balaban J connectivity index is 2.33. The predicted molar refractivity (Wildman–Crippen MR) is 85.7 cm³/mol. The summed E-state index contributed by atoms with van der Waals surface area (Å²) in [6.45, 7) is 5.25. The maximum Gasteiger partial charge on any atom is 0.0709 e. The lowest BCUT2D eigenvalue weighted by atomic mass is 9.76. The molecule has 2 rings (SSSR count). The third-order valence-corrected chi connectivity index (χ3v) is 4.62. The minimum Gasteiger partial charge on any atom is -0.330 e. The van der Waals surface area contributed by atoms with Crippen LogP contribution in [-0.4, -0.2) is 16.3 Å². The van der Waals surface area contributed by atoms with Crippen LogP contribution in [0.4, 0.5) is 0 Å². The van der Waals surface area contributed by atoms with Gasteiger partial charge < -0.3 is 5.73 Å². The van der Waals surface area contributed by atoms with E-state index >= 15 is 0 Å². The van der Waals surface area contributed by atoms with Gasteiger partial charge in [-0.3, -0.25) is 4.68 Å². The highest BCUT2D eigenvalue weighted by Gasteiger charge is 2.28. The van der Waals surface area contributed by atoms with Crippen LogP contribution in [0, 0.1) is 5.41 Å². The van der Waals surface area contributed by atoms with Gasteiger partial charge in [0.15, 0.2) is 0 Å². The highest BCUT2D eigenvalue weighted by molar-refractivity contribution is 5.81. The molecule has 0 aliphatic rings. The second kappa shape index (κ2) is 6.40. The fourth-order valence-corrected chi connectivity index (χ4v) is 3.03. The molecule has 1 heterocycles. The van der Waals surface area contributed by atoms with Crippen molar-refractivity contribution in [3.05, 3.63) is 30.0 Å². The Morgan fingerprint density at radius 2 is 2.00 bits per heavy atom. The highest BCUT2D eigenvalue weighted by Crippen LogP contribution is 2.33. The molecular formula is C17H27N3. The smallest absolute Gasteiger partial charge is 0.0709 e. The van der Waals surface area contributed by atoms with E-state index in [-0.39, 0.29) is 5.41 Å². The number of rotatable bonds is 7. The Hall–Kier alpha value is -1.35. The molecule has 1 aromatic carbocycles. The summed E-state index contributed by atoms with van der Waals surface area (Å²) in [5.74, 6) is 0. The zero-order chi connectivity index (χ0) is 14.6. The molecule has 2 aromatic rings. The first kappa shape index (κ1) is 15.0. The maximum atomic E-state index is 6.12. The van der Waals surface area contributed by atoms with Crippen LogP contribution in [-0.2, 0) is 13.5 Å². The first-order valence-electron chi connectivity index (χ1n) is 7.76. The molecule has 1 unspecified atom stereocenters. The second-order valence-electron chi connectivity index (χ2n) is 5.93. The van der Waals surface area contributed by atoms with Gasteiger partial charge in [0.25, 0.3) is 0 Å². The van der Waals surface area contributed by atoms with Gasteiger partial charge in [0.1, 0.15) is 0 Å². The van der Waals surface area contributed by atoms with E-state index in [4.69, 9.17) is 10.8 Å². The average molecular weight is 273 g/mol. The van der Waals surface area contributed by atoms with Crippen LogP contribution in [0.5, 0.6) is 0 Å². The third-order valence-electron chi connectivity index (χ3n) is 4.62. The van der Waals surface area contributed by atoms with Crippen molar-refractivity contribution in [2.75, 3.05) is 6.54 Å². The molecular weight excluding hydrogens is 246 g/mol. The molecule has 0 fully saturated rings. The molecule has 1 aromatic heterocycles. The van der Waals surface area contributed by atoms with E-state index in [2.05, 4.69) is 38.1 Å². The van der Waals surface area contributed by atoms with Crippen molar-refractivity contribution in [1.82, 2.24) is 9.78 Å². The number of benzene rings is 1. The fourth-order valence-electron chi connectivity index (χ4n) is 3.03. The second-order valence-corrected chi connectivity index (χ2v) is 5.93. The normalized spacial score (nSPS) is 14.6. The van der Waals surface area contributed by atoms with E-state index < -0.39 is 0 Å². The topological polar surface area (TPSA) is 43.8 Å². The number of para-hydroxylation sites is 1. The average Bonchev–Trinajstić information content (AvgIpc) is 2.80. The minimum absolute atomic E-state index is 0.202. The number of fused-ring (bicyclic) bond motifs is 1. The molecule has 0 saturated heterocycles. The summed E-state index contributed by atoms with van der Waals surface area (Å²) >= 11 is 0. The molecule has 0 aliphatic heterocycles. The van der Waals surface area contributed by atoms with Crippen molar-refractivity contribution < 1.29 is 0 Å². The van der Waals surface area contributed by atoms with Crippen LogP contribution in [0.1, 0.15) is 45.2 Å². The van der Waals surface area contributed by atoms with Gasteiger partial charge in [-0.15, -0.1) is 0 Å². The summed E-state index contributed by atoms with van der Waals surface area (Å²) in [6.07, 6.45) is 5.78. The van der Waals surface area contributed by atoms with E-state index in [0.29, 0.717) is 0 Å². The van der Waals surface area contributed by atoms with Crippen molar-refractivity contribution in [2.24, 2.45) is 18.2 Å². The molecule has 3 heteroatoms. The Labute approximate surface area is 122 Å². The van der Waals surface area contributed by atoms with Gasteiger partial charge in [0.2, 0.25) is 0 Å². The van der Waals surface area contributed by atoms with E-state index in [1.807, 2.05) is 11.7 Å². The minimum atomic E-state index is 0.202. The molecule has 20 heavy (non-hydrogen) atoms. The van der Waals surface area contributed by atoms with Crippen LogP contribution in [0.25, 0.3) is 10.9 Å². The molecule has 0 amide bonds. The molecule has 2 N–H and O–H groups in total.